The van der Waals surface area contributed by atoms with Gasteiger partial charge in [-0.15, -0.1) is 0 Å². The Hall–Kier alpha value is -2.29. The lowest BCUT2D eigenvalue weighted by molar-refractivity contribution is 0.0222. The molecule has 0 aliphatic rings. The molecular weight excluding hydrogens is 228 g/mol. The molecule has 3 nitrogen and oxygen atoms in total. The number of para-hydroxylation sites is 1. The standard InChI is InChI=1S/C15H14O3/c1-12(17-14-7-3-2-4-8-14)18-15-9-5-6-13(10-15)11-16/h2-12H,1H3. The van der Waals surface area contributed by atoms with E-state index in [9.17, 15) is 4.79 Å². The Bertz CT molecular complexity index is 508. The number of carbonyl (C=O) groups is 1. The molecule has 1 atom stereocenters. The number of carbonyl (C=O) groups excluding carboxylic acids is 1. The van der Waals surface area contributed by atoms with E-state index in [1.165, 1.54) is 0 Å². The van der Waals surface area contributed by atoms with Gasteiger partial charge in [-0.3, -0.25) is 4.79 Å². The molecule has 0 fully saturated rings. The van der Waals surface area contributed by atoms with Gasteiger partial charge in [0.25, 0.3) is 0 Å². The molecular formula is C15H14O3. The van der Waals surface area contributed by atoms with Crippen molar-refractivity contribution in [3.8, 4) is 11.5 Å². The van der Waals surface area contributed by atoms with Crippen LogP contribution < -0.4 is 9.47 Å². The summed E-state index contributed by atoms with van der Waals surface area (Å²) in [6, 6.07) is 16.4. The van der Waals surface area contributed by atoms with Gasteiger partial charge in [0.15, 0.2) is 0 Å². The molecule has 2 aromatic carbocycles. The molecule has 0 N–H and O–H groups in total. The summed E-state index contributed by atoms with van der Waals surface area (Å²) in [5.74, 6) is 1.36. The zero-order valence-electron chi connectivity index (χ0n) is 10.1. The van der Waals surface area contributed by atoms with Gasteiger partial charge in [0.05, 0.1) is 0 Å². The van der Waals surface area contributed by atoms with Crippen molar-refractivity contribution < 1.29 is 14.3 Å². The monoisotopic (exact) mass is 242 g/mol. The van der Waals surface area contributed by atoms with Crippen LogP contribution in [-0.4, -0.2) is 12.6 Å². The van der Waals surface area contributed by atoms with E-state index in [4.69, 9.17) is 9.47 Å². The van der Waals surface area contributed by atoms with Crippen molar-refractivity contribution in [2.75, 3.05) is 0 Å². The maximum Gasteiger partial charge on any atom is 0.238 e. The third-order valence-electron chi connectivity index (χ3n) is 2.34. The highest BCUT2D eigenvalue weighted by atomic mass is 16.7. The van der Waals surface area contributed by atoms with Crippen molar-refractivity contribution in [3.05, 3.63) is 60.2 Å². The summed E-state index contributed by atoms with van der Waals surface area (Å²) in [6.07, 6.45) is 0.365. The van der Waals surface area contributed by atoms with Crippen LogP contribution in [0.2, 0.25) is 0 Å². The third kappa shape index (κ3) is 3.35. The summed E-state index contributed by atoms with van der Waals surface area (Å²) in [5, 5.41) is 0. The number of rotatable bonds is 5. The van der Waals surface area contributed by atoms with Crippen LogP contribution in [0.1, 0.15) is 17.3 Å². The fraction of sp³-hybridized carbons (Fsp3) is 0.133. The third-order valence-corrected chi connectivity index (χ3v) is 2.34. The first-order valence-electron chi connectivity index (χ1n) is 5.71. The van der Waals surface area contributed by atoms with Crippen LogP contribution in [0.4, 0.5) is 0 Å². The van der Waals surface area contributed by atoms with E-state index in [1.807, 2.05) is 30.3 Å². The van der Waals surface area contributed by atoms with Crippen molar-refractivity contribution >= 4 is 6.29 Å². The fourth-order valence-corrected chi connectivity index (χ4v) is 1.57. The second-order valence-corrected chi connectivity index (χ2v) is 3.81. The summed E-state index contributed by atoms with van der Waals surface area (Å²) in [6.45, 7) is 1.81. The highest BCUT2D eigenvalue weighted by Crippen LogP contribution is 2.16. The normalized spacial score (nSPS) is 11.6. The average Bonchev–Trinajstić information content (AvgIpc) is 2.40. The van der Waals surface area contributed by atoms with Crippen LogP contribution >= 0.6 is 0 Å². The Kier molecular flexibility index (Phi) is 3.97. The van der Waals surface area contributed by atoms with Crippen LogP contribution in [-0.2, 0) is 0 Å². The van der Waals surface area contributed by atoms with Crippen molar-refractivity contribution in [3.63, 3.8) is 0 Å². The van der Waals surface area contributed by atoms with Crippen LogP contribution in [0, 0.1) is 0 Å². The molecule has 2 rings (SSSR count). The first-order chi connectivity index (χ1) is 8.78. The number of aldehydes is 1. The van der Waals surface area contributed by atoms with Crippen molar-refractivity contribution in [2.45, 2.75) is 13.2 Å². The largest absolute Gasteiger partial charge is 0.455 e. The molecule has 0 amide bonds. The van der Waals surface area contributed by atoms with Crippen LogP contribution in [0.5, 0.6) is 11.5 Å². The van der Waals surface area contributed by atoms with E-state index in [0.29, 0.717) is 11.3 Å². The molecule has 92 valence electrons. The zero-order chi connectivity index (χ0) is 12.8. The van der Waals surface area contributed by atoms with Gasteiger partial charge in [0.2, 0.25) is 6.29 Å². The highest BCUT2D eigenvalue weighted by Gasteiger charge is 2.05. The molecule has 0 radical (unpaired) electrons. The zero-order valence-corrected chi connectivity index (χ0v) is 10.1. The van der Waals surface area contributed by atoms with Crippen molar-refractivity contribution in [2.24, 2.45) is 0 Å². The molecule has 2 aromatic rings. The predicted octanol–water partition coefficient (Wildman–Crippen LogP) is 3.30. The molecule has 1 unspecified atom stereocenters. The highest BCUT2D eigenvalue weighted by molar-refractivity contribution is 5.75. The second-order valence-electron chi connectivity index (χ2n) is 3.81. The van der Waals surface area contributed by atoms with Crippen molar-refractivity contribution in [1.29, 1.82) is 0 Å². The van der Waals surface area contributed by atoms with E-state index < -0.39 is 6.29 Å². The molecule has 0 spiro atoms. The molecule has 0 aromatic heterocycles. The minimum atomic E-state index is -0.422. The summed E-state index contributed by atoms with van der Waals surface area (Å²) in [5.41, 5.74) is 0.583. The molecule has 18 heavy (non-hydrogen) atoms. The molecule has 0 saturated carbocycles. The van der Waals surface area contributed by atoms with E-state index in [1.54, 1.807) is 31.2 Å². The molecule has 0 aliphatic heterocycles. The van der Waals surface area contributed by atoms with Crippen molar-refractivity contribution in [1.82, 2.24) is 0 Å². The molecule has 0 heterocycles. The van der Waals surface area contributed by atoms with E-state index in [2.05, 4.69) is 0 Å². The summed E-state index contributed by atoms with van der Waals surface area (Å²) >= 11 is 0. The van der Waals surface area contributed by atoms with Crippen LogP contribution in [0.25, 0.3) is 0 Å². The van der Waals surface area contributed by atoms with Gasteiger partial charge in [0, 0.05) is 12.5 Å². The Morgan fingerprint density at radius 3 is 2.33 bits per heavy atom. The van der Waals surface area contributed by atoms with Gasteiger partial charge >= 0.3 is 0 Å². The molecule has 0 saturated heterocycles. The van der Waals surface area contributed by atoms with Crippen LogP contribution in [0.3, 0.4) is 0 Å². The van der Waals surface area contributed by atoms with Gasteiger partial charge in [-0.05, 0) is 24.3 Å². The Balaban J connectivity index is 1.98. The van der Waals surface area contributed by atoms with E-state index in [-0.39, 0.29) is 0 Å². The minimum absolute atomic E-state index is 0.422. The fourth-order valence-electron chi connectivity index (χ4n) is 1.57. The smallest absolute Gasteiger partial charge is 0.238 e. The minimum Gasteiger partial charge on any atom is -0.455 e. The first kappa shape index (κ1) is 12.2. The summed E-state index contributed by atoms with van der Waals surface area (Å²) in [7, 11) is 0. The summed E-state index contributed by atoms with van der Waals surface area (Å²) in [4.78, 5) is 10.6. The maximum absolute atomic E-state index is 10.6. The Morgan fingerprint density at radius 2 is 1.61 bits per heavy atom. The van der Waals surface area contributed by atoms with Crippen LogP contribution in [0.15, 0.2) is 54.6 Å². The second kappa shape index (κ2) is 5.87. The predicted molar refractivity (Wildman–Crippen MR) is 69.0 cm³/mol. The Morgan fingerprint density at radius 1 is 0.944 bits per heavy atom. The SMILES string of the molecule is CC(Oc1ccccc1)Oc1cccc(C=O)c1. The van der Waals surface area contributed by atoms with E-state index >= 15 is 0 Å². The molecule has 0 bridgehead atoms. The number of ether oxygens (including phenoxy) is 2. The quantitative estimate of drug-likeness (QED) is 0.596. The van der Waals surface area contributed by atoms with E-state index in [0.717, 1.165) is 12.0 Å². The van der Waals surface area contributed by atoms with Gasteiger partial charge in [-0.2, -0.15) is 0 Å². The lowest BCUT2D eigenvalue weighted by Gasteiger charge is -2.16. The number of hydrogen-bond acceptors (Lipinski definition) is 3. The lowest BCUT2D eigenvalue weighted by atomic mass is 10.2. The number of hydrogen-bond donors (Lipinski definition) is 0. The average molecular weight is 242 g/mol. The summed E-state index contributed by atoms with van der Waals surface area (Å²) < 4.78 is 11.2. The van der Waals surface area contributed by atoms with Gasteiger partial charge < -0.3 is 9.47 Å². The molecule has 3 heteroatoms. The van der Waals surface area contributed by atoms with Gasteiger partial charge in [-0.1, -0.05) is 30.3 Å². The van der Waals surface area contributed by atoms with Gasteiger partial charge in [0.1, 0.15) is 17.8 Å². The number of benzene rings is 2. The lowest BCUT2D eigenvalue weighted by Crippen LogP contribution is -2.19. The van der Waals surface area contributed by atoms with Gasteiger partial charge in [-0.25, -0.2) is 0 Å². The topological polar surface area (TPSA) is 35.5 Å². The first-order valence-corrected chi connectivity index (χ1v) is 5.71. The Labute approximate surface area is 106 Å². The molecule has 0 aliphatic carbocycles. The maximum atomic E-state index is 10.6.